The quantitative estimate of drug-likeness (QED) is 0.318. The Morgan fingerprint density at radius 1 is 0.0167 bits per heavy atom. The van der Waals surface area contributed by atoms with Crippen molar-refractivity contribution < 1.29 is 1260 Å². The summed E-state index contributed by atoms with van der Waals surface area (Å²) in [6, 6.07) is 0. The SMILES string of the molecule is [W].[W].[W].[W].[W].[W].[W].[W].[W].[W].[W].[W].[W].[W].[W].[W].[W].[W].[W].[W].[W].[W].[W].[W].[W].[W].[W].[W].[W].[W].[W].[W].[W].[W].[W].[W].[W].[W].[W].[W].[W].[W].[W].[W].[W].[W].[W].[W].[W].[W].[W].[W].[W].[W].[W].[W].[W].[W].[W].[W]. The summed E-state index contributed by atoms with van der Waals surface area (Å²) >= 11 is 0. The van der Waals surface area contributed by atoms with Gasteiger partial charge in [-0.3, -0.25) is 0 Å². The van der Waals surface area contributed by atoms with Gasteiger partial charge in [-0.15, -0.1) is 0 Å². The molecule has 360 valence electrons. The van der Waals surface area contributed by atoms with E-state index in [0.29, 0.717) is 0 Å². The standard InChI is InChI=1S/60W. The minimum absolute atomic E-state index is 0. The third kappa shape index (κ3) is 563. The van der Waals surface area contributed by atoms with E-state index in [1.807, 2.05) is 0 Å². The van der Waals surface area contributed by atoms with Crippen LogP contribution in [0.2, 0.25) is 0 Å². The van der Waals surface area contributed by atoms with E-state index in [4.69, 9.17) is 0 Å². The first-order valence-corrected chi connectivity index (χ1v) is 0. The molecule has 60 heteroatoms. The maximum Gasteiger partial charge on any atom is 0 e. The molecule has 0 spiro atoms. The topological polar surface area (TPSA) is 0 Å². The summed E-state index contributed by atoms with van der Waals surface area (Å²) in [5.74, 6) is 0. The van der Waals surface area contributed by atoms with Crippen LogP contribution in [0.5, 0.6) is 0 Å². The molecule has 0 unspecified atom stereocenters. The maximum absolute atomic E-state index is 0. The van der Waals surface area contributed by atoms with E-state index in [0.717, 1.165) is 0 Å². The van der Waals surface area contributed by atoms with Gasteiger partial charge in [-0.25, -0.2) is 0 Å². The second kappa shape index (κ2) is 580. The van der Waals surface area contributed by atoms with Crippen molar-refractivity contribution in [2.24, 2.45) is 0 Å². The van der Waals surface area contributed by atoms with E-state index >= 15 is 0 Å². The van der Waals surface area contributed by atoms with Gasteiger partial charge in [0.2, 0.25) is 0 Å². The molecule has 0 aromatic rings. The average Bonchev–Trinajstić information content (AvgIpc) is 0. The Labute approximate surface area is 1220 Å². The Morgan fingerprint density at radius 3 is 0.0167 bits per heavy atom. The zero-order chi connectivity index (χ0) is 0. The summed E-state index contributed by atoms with van der Waals surface area (Å²) in [5.41, 5.74) is 0. The third-order valence-corrected chi connectivity index (χ3v) is 0. The van der Waals surface area contributed by atoms with Gasteiger partial charge in [-0.2, -0.15) is 0 Å². The van der Waals surface area contributed by atoms with Crippen LogP contribution in [0.1, 0.15) is 0 Å². The Hall–Kier alpha value is 41.3. The van der Waals surface area contributed by atoms with Crippen LogP contribution in [0.25, 0.3) is 0 Å². The van der Waals surface area contributed by atoms with E-state index in [1.165, 1.54) is 0 Å². The zero-order valence-electron chi connectivity index (χ0n) is 24.5. The predicted octanol–water partition coefficient (Wildman–Crippen LogP) is -0.150. The number of hydrogen-bond acceptors (Lipinski definition) is 0. The van der Waals surface area contributed by atoms with Crippen LogP contribution in [0.15, 0.2) is 0 Å². The molecule has 0 N–H and O–H groups in total. The summed E-state index contributed by atoms with van der Waals surface area (Å²) in [4.78, 5) is 0. The molecule has 0 aromatic heterocycles. The van der Waals surface area contributed by atoms with Crippen molar-refractivity contribution in [2.45, 2.75) is 0 Å². The second-order valence-electron chi connectivity index (χ2n) is 0. The van der Waals surface area contributed by atoms with Crippen molar-refractivity contribution >= 4 is 0 Å². The van der Waals surface area contributed by atoms with Gasteiger partial charge in [0.15, 0.2) is 0 Å². The molecule has 0 radical (unpaired) electrons. The molecule has 60 heavy (non-hydrogen) atoms. The van der Waals surface area contributed by atoms with Crippen LogP contribution < -0.4 is 0 Å². The molecule has 0 atom stereocenters. The smallest absolute Gasteiger partial charge is 0 e. The Balaban J connectivity index is 0. The van der Waals surface area contributed by atoms with Crippen LogP contribution in [-0.2, 0) is 1260 Å². The summed E-state index contributed by atoms with van der Waals surface area (Å²) in [7, 11) is 0. The number of hydrogen-bond donors (Lipinski definition) is 0. The Kier molecular flexibility index (Phi) is 5770. The fourth-order valence-electron chi connectivity index (χ4n) is 0. The largest absolute Gasteiger partial charge is 0 e. The number of rotatable bonds is 0. The molecular weight excluding hydrogens is 11000 g/mol. The van der Waals surface area contributed by atoms with Crippen LogP contribution >= 0.6 is 0 Å². The van der Waals surface area contributed by atoms with E-state index in [2.05, 4.69) is 0 Å². The van der Waals surface area contributed by atoms with Crippen LogP contribution in [0.4, 0.5) is 0 Å². The minimum Gasteiger partial charge on any atom is 0 e. The van der Waals surface area contributed by atoms with Crippen LogP contribution in [0, 0.1) is 0 Å². The van der Waals surface area contributed by atoms with Crippen molar-refractivity contribution in [3.05, 3.63) is 0 Å². The molecule has 0 aliphatic carbocycles. The second-order valence-corrected chi connectivity index (χ2v) is 0. The Bertz CT molecular complexity index is 0. The van der Waals surface area contributed by atoms with Gasteiger partial charge < -0.3 is 0 Å². The van der Waals surface area contributed by atoms with Crippen LogP contribution in [-0.4, -0.2) is 0 Å². The molecule has 0 saturated carbocycles. The van der Waals surface area contributed by atoms with Gasteiger partial charge in [0.25, 0.3) is 0 Å². The molecule has 0 fully saturated rings. The molecule has 0 heterocycles. The molecule has 0 saturated heterocycles. The summed E-state index contributed by atoms with van der Waals surface area (Å²) in [6.45, 7) is 0. The molecule has 0 rings (SSSR count). The van der Waals surface area contributed by atoms with Gasteiger partial charge in [0, 0.05) is 1260 Å². The first-order valence-electron chi connectivity index (χ1n) is 0. The van der Waals surface area contributed by atoms with Crippen molar-refractivity contribution in [1.82, 2.24) is 0 Å². The first kappa shape index (κ1) is 597. The molecule has 0 amide bonds. The van der Waals surface area contributed by atoms with Crippen molar-refractivity contribution in [1.29, 1.82) is 0 Å². The van der Waals surface area contributed by atoms with Crippen LogP contribution in [0.3, 0.4) is 0 Å². The maximum atomic E-state index is 0. The molecule has 0 aliphatic rings. The van der Waals surface area contributed by atoms with Gasteiger partial charge in [-0.1, -0.05) is 0 Å². The molecule has 0 nitrogen and oxygen atoms in total. The first-order chi connectivity index (χ1) is 0. The summed E-state index contributed by atoms with van der Waals surface area (Å²) in [5, 5.41) is 0. The average molecular weight is 11000 g/mol. The fourth-order valence-corrected chi connectivity index (χ4v) is 0. The van der Waals surface area contributed by atoms with E-state index < -0.39 is 0 Å². The van der Waals surface area contributed by atoms with E-state index in [-0.39, 0.29) is 1260 Å². The van der Waals surface area contributed by atoms with E-state index in [9.17, 15) is 0 Å². The molecule has 0 aromatic carbocycles. The third-order valence-electron chi connectivity index (χ3n) is 0. The summed E-state index contributed by atoms with van der Waals surface area (Å²) in [6.07, 6.45) is 0. The molecule has 0 aliphatic heterocycles. The predicted molar refractivity (Wildman–Crippen MR) is 0 cm³/mol. The molecule has 0 bridgehead atoms. The van der Waals surface area contributed by atoms with Crippen molar-refractivity contribution in [3.8, 4) is 0 Å². The Morgan fingerprint density at radius 2 is 0.0167 bits per heavy atom. The van der Waals surface area contributed by atoms with Gasteiger partial charge >= 0.3 is 0 Å². The van der Waals surface area contributed by atoms with Crippen molar-refractivity contribution in [2.75, 3.05) is 0 Å². The molecular formula is W60. The van der Waals surface area contributed by atoms with E-state index in [1.54, 1.807) is 0 Å². The van der Waals surface area contributed by atoms with Gasteiger partial charge in [0.05, 0.1) is 0 Å². The van der Waals surface area contributed by atoms with Gasteiger partial charge in [-0.05, 0) is 0 Å². The van der Waals surface area contributed by atoms with Crippen molar-refractivity contribution in [3.63, 3.8) is 0 Å². The van der Waals surface area contributed by atoms with Gasteiger partial charge in [0.1, 0.15) is 0 Å². The fraction of sp³-hybridized carbons (Fsp3) is 0. The summed E-state index contributed by atoms with van der Waals surface area (Å²) < 4.78 is 0. The zero-order valence-corrected chi connectivity index (χ0v) is 200. The normalized spacial score (nSPS) is 0. The minimum atomic E-state index is 0. The monoisotopic (exact) mass is 11000 g/mol.